The van der Waals surface area contributed by atoms with E-state index in [-0.39, 0.29) is 0 Å². The molecule has 0 amide bonds. The summed E-state index contributed by atoms with van der Waals surface area (Å²) in [5, 5.41) is 6.96. The summed E-state index contributed by atoms with van der Waals surface area (Å²) in [6.45, 7) is 6.36. The molecule has 5 heteroatoms. The van der Waals surface area contributed by atoms with Crippen molar-refractivity contribution in [3.8, 4) is 0 Å². The van der Waals surface area contributed by atoms with Gasteiger partial charge in [-0.15, -0.1) is 0 Å². The molecule has 20 heavy (non-hydrogen) atoms. The highest BCUT2D eigenvalue weighted by molar-refractivity contribution is 7.80. The Morgan fingerprint density at radius 1 is 1.20 bits per heavy atom. The van der Waals surface area contributed by atoms with E-state index in [0.717, 1.165) is 24.6 Å². The Balaban J connectivity index is 1.93. The van der Waals surface area contributed by atoms with Crippen molar-refractivity contribution >= 4 is 28.8 Å². The number of pyridine rings is 1. The molecule has 4 nitrogen and oxygen atoms in total. The lowest BCUT2D eigenvalue weighted by Crippen LogP contribution is -2.34. The fourth-order valence-electron chi connectivity index (χ4n) is 2.38. The average molecular weight is 292 g/mol. The zero-order valence-corrected chi connectivity index (χ0v) is 13.2. The van der Waals surface area contributed by atoms with Gasteiger partial charge < -0.3 is 15.5 Å². The van der Waals surface area contributed by atoms with E-state index >= 15 is 0 Å². The molecule has 2 rings (SSSR count). The lowest BCUT2D eigenvalue weighted by atomic mass is 10.2. The summed E-state index contributed by atoms with van der Waals surface area (Å²) < 4.78 is 0. The Kier molecular flexibility index (Phi) is 5.59. The minimum absolute atomic E-state index is 0.333. The number of hydrogen-bond acceptors (Lipinski definition) is 3. The Labute approximate surface area is 127 Å². The van der Waals surface area contributed by atoms with Crippen molar-refractivity contribution in [2.75, 3.05) is 23.3 Å². The van der Waals surface area contributed by atoms with Gasteiger partial charge in [0.2, 0.25) is 0 Å². The number of aromatic nitrogens is 1. The zero-order chi connectivity index (χ0) is 14.4. The number of hydrogen-bond donors (Lipinski definition) is 2. The molecule has 1 aromatic heterocycles. The van der Waals surface area contributed by atoms with E-state index < -0.39 is 0 Å². The van der Waals surface area contributed by atoms with Crippen LogP contribution in [0.25, 0.3) is 0 Å². The SMILES string of the molecule is CC(C)NC(=S)Nc1ccc(N2CCCCCC2)nc1. The summed E-state index contributed by atoms with van der Waals surface area (Å²) >= 11 is 5.23. The normalized spacial score (nSPS) is 15.8. The quantitative estimate of drug-likeness (QED) is 0.838. The van der Waals surface area contributed by atoms with Crippen LogP contribution in [0.2, 0.25) is 0 Å². The second kappa shape index (κ2) is 7.43. The predicted octanol–water partition coefficient (Wildman–Crippen LogP) is 3.16. The van der Waals surface area contributed by atoms with Crippen molar-refractivity contribution in [1.29, 1.82) is 0 Å². The number of rotatable bonds is 3. The molecular weight excluding hydrogens is 268 g/mol. The molecule has 0 aliphatic carbocycles. The van der Waals surface area contributed by atoms with Gasteiger partial charge in [-0.2, -0.15) is 0 Å². The molecule has 0 radical (unpaired) electrons. The van der Waals surface area contributed by atoms with E-state index in [2.05, 4.69) is 40.4 Å². The number of anilines is 2. The molecule has 1 aliphatic rings. The third-order valence-corrected chi connectivity index (χ3v) is 3.58. The minimum Gasteiger partial charge on any atom is -0.360 e. The molecule has 0 unspecified atom stereocenters. The molecule has 1 fully saturated rings. The third kappa shape index (κ3) is 4.63. The van der Waals surface area contributed by atoms with Gasteiger partial charge in [0, 0.05) is 19.1 Å². The van der Waals surface area contributed by atoms with Gasteiger partial charge in [0.15, 0.2) is 5.11 Å². The Bertz CT molecular complexity index is 422. The third-order valence-electron chi connectivity index (χ3n) is 3.36. The first-order valence-electron chi connectivity index (χ1n) is 7.43. The van der Waals surface area contributed by atoms with Gasteiger partial charge >= 0.3 is 0 Å². The zero-order valence-electron chi connectivity index (χ0n) is 12.4. The molecule has 0 bridgehead atoms. The molecular formula is C15H24N4S. The summed E-state index contributed by atoms with van der Waals surface area (Å²) in [6, 6.07) is 4.45. The summed E-state index contributed by atoms with van der Waals surface area (Å²) in [5.74, 6) is 1.07. The van der Waals surface area contributed by atoms with Crippen molar-refractivity contribution < 1.29 is 0 Å². The van der Waals surface area contributed by atoms with Gasteiger partial charge in [-0.3, -0.25) is 0 Å². The highest BCUT2D eigenvalue weighted by atomic mass is 32.1. The lowest BCUT2D eigenvalue weighted by Gasteiger charge is -2.21. The van der Waals surface area contributed by atoms with E-state index in [1.165, 1.54) is 25.7 Å². The summed E-state index contributed by atoms with van der Waals surface area (Å²) in [7, 11) is 0. The van der Waals surface area contributed by atoms with Crippen molar-refractivity contribution in [2.24, 2.45) is 0 Å². The van der Waals surface area contributed by atoms with Crippen LogP contribution in [-0.2, 0) is 0 Å². The molecule has 1 aromatic rings. The van der Waals surface area contributed by atoms with Gasteiger partial charge in [-0.25, -0.2) is 4.98 Å². The molecule has 2 N–H and O–H groups in total. The van der Waals surface area contributed by atoms with Gasteiger partial charge in [0.1, 0.15) is 5.82 Å². The predicted molar refractivity (Wildman–Crippen MR) is 89.4 cm³/mol. The van der Waals surface area contributed by atoms with Crippen LogP contribution >= 0.6 is 12.2 Å². The van der Waals surface area contributed by atoms with Gasteiger partial charge in [-0.05, 0) is 51.0 Å². The maximum Gasteiger partial charge on any atom is 0.171 e. The fraction of sp³-hybridized carbons (Fsp3) is 0.600. The fourth-order valence-corrected chi connectivity index (χ4v) is 2.73. The number of nitrogens with one attached hydrogen (secondary N) is 2. The van der Waals surface area contributed by atoms with Crippen LogP contribution in [0.1, 0.15) is 39.5 Å². The second-order valence-corrected chi connectivity index (χ2v) is 5.97. The highest BCUT2D eigenvalue weighted by Gasteiger charge is 2.10. The molecule has 0 atom stereocenters. The molecule has 0 saturated carbocycles. The highest BCUT2D eigenvalue weighted by Crippen LogP contribution is 2.18. The minimum atomic E-state index is 0.333. The van der Waals surface area contributed by atoms with E-state index in [1.807, 2.05) is 12.3 Å². The Hall–Kier alpha value is -1.36. The van der Waals surface area contributed by atoms with Crippen LogP contribution in [0.3, 0.4) is 0 Å². The van der Waals surface area contributed by atoms with Crippen LogP contribution in [-0.4, -0.2) is 29.2 Å². The Morgan fingerprint density at radius 2 is 1.90 bits per heavy atom. The molecule has 2 heterocycles. The number of thiocarbonyl (C=S) groups is 1. The van der Waals surface area contributed by atoms with Crippen LogP contribution in [0.15, 0.2) is 18.3 Å². The molecule has 1 aliphatic heterocycles. The van der Waals surface area contributed by atoms with Gasteiger partial charge in [0.25, 0.3) is 0 Å². The van der Waals surface area contributed by atoms with Crippen LogP contribution in [0, 0.1) is 0 Å². The monoisotopic (exact) mass is 292 g/mol. The first kappa shape index (κ1) is 15.0. The van der Waals surface area contributed by atoms with Crippen LogP contribution in [0.5, 0.6) is 0 Å². The van der Waals surface area contributed by atoms with Crippen molar-refractivity contribution in [3.05, 3.63) is 18.3 Å². The van der Waals surface area contributed by atoms with Gasteiger partial charge in [-0.1, -0.05) is 12.8 Å². The summed E-state index contributed by atoms with van der Waals surface area (Å²) in [5.41, 5.74) is 0.932. The van der Waals surface area contributed by atoms with Crippen molar-refractivity contribution in [1.82, 2.24) is 10.3 Å². The van der Waals surface area contributed by atoms with Crippen molar-refractivity contribution in [3.63, 3.8) is 0 Å². The maximum absolute atomic E-state index is 5.23. The van der Waals surface area contributed by atoms with E-state index in [4.69, 9.17) is 12.2 Å². The first-order chi connectivity index (χ1) is 9.65. The molecule has 1 saturated heterocycles. The standard InChI is InChI=1S/C15H24N4S/c1-12(2)17-15(20)18-13-7-8-14(16-11-13)19-9-5-3-4-6-10-19/h7-8,11-12H,3-6,9-10H2,1-2H3,(H2,17,18,20). The summed E-state index contributed by atoms with van der Waals surface area (Å²) in [4.78, 5) is 6.93. The largest absolute Gasteiger partial charge is 0.360 e. The second-order valence-electron chi connectivity index (χ2n) is 5.56. The lowest BCUT2D eigenvalue weighted by molar-refractivity contribution is 0.726. The van der Waals surface area contributed by atoms with Crippen molar-refractivity contribution in [2.45, 2.75) is 45.6 Å². The smallest absolute Gasteiger partial charge is 0.171 e. The van der Waals surface area contributed by atoms with Crippen LogP contribution < -0.4 is 15.5 Å². The average Bonchev–Trinajstić information content (AvgIpc) is 2.67. The molecule has 110 valence electrons. The summed E-state index contributed by atoms with van der Waals surface area (Å²) in [6.07, 6.45) is 7.07. The maximum atomic E-state index is 5.23. The molecule has 0 aromatic carbocycles. The van der Waals surface area contributed by atoms with E-state index in [9.17, 15) is 0 Å². The van der Waals surface area contributed by atoms with Gasteiger partial charge in [0.05, 0.1) is 11.9 Å². The van der Waals surface area contributed by atoms with E-state index in [1.54, 1.807) is 0 Å². The van der Waals surface area contributed by atoms with Crippen LogP contribution in [0.4, 0.5) is 11.5 Å². The first-order valence-corrected chi connectivity index (χ1v) is 7.84. The molecule has 0 spiro atoms. The van der Waals surface area contributed by atoms with E-state index in [0.29, 0.717) is 11.2 Å². The number of nitrogens with zero attached hydrogens (tertiary/aromatic N) is 2. The Morgan fingerprint density at radius 3 is 2.45 bits per heavy atom. The topological polar surface area (TPSA) is 40.2 Å².